The van der Waals surface area contributed by atoms with Crippen molar-refractivity contribution >= 4 is 33.5 Å². The van der Waals surface area contributed by atoms with E-state index in [0.29, 0.717) is 16.4 Å². The zero-order chi connectivity index (χ0) is 11.9. The number of aryl methyl sites for hydroxylation is 2. The molecule has 16 heavy (non-hydrogen) atoms. The smallest absolute Gasteiger partial charge is 0.240 e. The predicted molar refractivity (Wildman–Crippen MR) is 64.2 cm³/mol. The summed E-state index contributed by atoms with van der Waals surface area (Å²) >= 11 is 9.39. The summed E-state index contributed by atoms with van der Waals surface area (Å²) in [6.07, 6.45) is 0. The first-order valence-corrected chi connectivity index (χ1v) is 5.70. The number of nitrogen functional groups attached to an aromatic ring is 1. The van der Waals surface area contributed by atoms with E-state index in [1.807, 2.05) is 6.92 Å². The maximum Gasteiger partial charge on any atom is 0.240 e. The van der Waals surface area contributed by atoms with Crippen LogP contribution in [-0.2, 0) is 13.6 Å². The van der Waals surface area contributed by atoms with Crippen LogP contribution in [-0.4, -0.2) is 24.5 Å². The van der Waals surface area contributed by atoms with Gasteiger partial charge in [0.2, 0.25) is 5.95 Å². The molecule has 0 atom stereocenters. The molecule has 2 aromatic heterocycles. The van der Waals surface area contributed by atoms with Gasteiger partial charge in [-0.1, -0.05) is 11.6 Å². The van der Waals surface area contributed by atoms with Gasteiger partial charge >= 0.3 is 0 Å². The molecular weight excluding hydrogens is 295 g/mol. The highest BCUT2D eigenvalue weighted by atomic mass is 79.9. The van der Waals surface area contributed by atoms with E-state index >= 15 is 0 Å². The lowest BCUT2D eigenvalue weighted by molar-refractivity contribution is 0.667. The number of nitrogens with zero attached hydrogens (tertiary/aromatic N) is 5. The van der Waals surface area contributed by atoms with E-state index < -0.39 is 0 Å². The molecule has 2 heterocycles. The number of hydrogen-bond donors (Lipinski definition) is 1. The average Bonchev–Trinajstić information content (AvgIpc) is 2.62. The lowest BCUT2D eigenvalue weighted by atomic mass is 10.3. The van der Waals surface area contributed by atoms with Gasteiger partial charge < -0.3 is 5.73 Å². The number of hydrogen-bond acceptors (Lipinski definition) is 4. The van der Waals surface area contributed by atoms with Crippen molar-refractivity contribution in [3.8, 4) is 0 Å². The third kappa shape index (κ3) is 1.92. The summed E-state index contributed by atoms with van der Waals surface area (Å²) in [4.78, 5) is 3.95. The molecular formula is C8H10BrClN6. The molecule has 0 fully saturated rings. The molecule has 0 unspecified atom stereocenters. The van der Waals surface area contributed by atoms with Crippen molar-refractivity contribution in [1.82, 2.24) is 24.5 Å². The molecule has 0 saturated heterocycles. The van der Waals surface area contributed by atoms with E-state index in [1.54, 1.807) is 16.4 Å². The van der Waals surface area contributed by atoms with E-state index in [1.165, 1.54) is 0 Å². The molecule has 0 aliphatic rings. The average molecular weight is 306 g/mol. The normalized spacial score (nSPS) is 11.0. The van der Waals surface area contributed by atoms with Crippen LogP contribution in [0.5, 0.6) is 0 Å². The Balaban J connectivity index is 2.37. The minimum Gasteiger partial charge on any atom is -0.366 e. The lowest BCUT2D eigenvalue weighted by Gasteiger charge is -2.01. The Morgan fingerprint density at radius 3 is 2.56 bits per heavy atom. The Morgan fingerprint density at radius 2 is 2.12 bits per heavy atom. The van der Waals surface area contributed by atoms with Crippen LogP contribution >= 0.6 is 27.5 Å². The molecule has 0 radical (unpaired) electrons. The van der Waals surface area contributed by atoms with Crippen LogP contribution in [0.2, 0.25) is 5.15 Å². The van der Waals surface area contributed by atoms with Gasteiger partial charge in [0, 0.05) is 12.6 Å². The lowest BCUT2D eigenvalue weighted by Crippen LogP contribution is -2.04. The van der Waals surface area contributed by atoms with Crippen molar-refractivity contribution < 1.29 is 0 Å². The standard InChI is InChI=1S/C8H10BrClN6/c1-4-5(6(10)15(2)13-4)3-16-7(9)12-8(11)14-16/h3H2,1-2H3,(H2,11,14). The summed E-state index contributed by atoms with van der Waals surface area (Å²) in [7, 11) is 1.80. The largest absolute Gasteiger partial charge is 0.366 e. The molecule has 86 valence electrons. The molecule has 0 amide bonds. The summed E-state index contributed by atoms with van der Waals surface area (Å²) in [5.74, 6) is 0.226. The van der Waals surface area contributed by atoms with E-state index in [9.17, 15) is 0 Å². The highest BCUT2D eigenvalue weighted by molar-refractivity contribution is 9.10. The van der Waals surface area contributed by atoms with Crippen molar-refractivity contribution in [2.24, 2.45) is 7.05 Å². The highest BCUT2D eigenvalue weighted by Gasteiger charge is 2.14. The molecule has 6 nitrogen and oxygen atoms in total. The molecule has 0 spiro atoms. The van der Waals surface area contributed by atoms with Crippen LogP contribution < -0.4 is 5.73 Å². The Morgan fingerprint density at radius 1 is 1.44 bits per heavy atom. The van der Waals surface area contributed by atoms with Gasteiger partial charge in [-0.15, -0.1) is 5.10 Å². The van der Waals surface area contributed by atoms with E-state index in [0.717, 1.165) is 11.3 Å². The maximum absolute atomic E-state index is 6.12. The van der Waals surface area contributed by atoms with Gasteiger partial charge in [-0.3, -0.25) is 4.68 Å². The van der Waals surface area contributed by atoms with Crippen LogP contribution in [0, 0.1) is 6.92 Å². The van der Waals surface area contributed by atoms with E-state index in [4.69, 9.17) is 17.3 Å². The number of rotatable bonds is 2. The summed E-state index contributed by atoms with van der Waals surface area (Å²) in [5.41, 5.74) is 7.27. The van der Waals surface area contributed by atoms with Gasteiger partial charge in [0.15, 0.2) is 4.73 Å². The molecule has 0 aromatic carbocycles. The molecule has 8 heteroatoms. The zero-order valence-corrected chi connectivity index (χ0v) is 11.1. The van der Waals surface area contributed by atoms with Gasteiger partial charge in [-0.2, -0.15) is 10.1 Å². The third-order valence-corrected chi connectivity index (χ3v) is 3.28. The van der Waals surface area contributed by atoms with Crippen LogP contribution in [0.4, 0.5) is 5.95 Å². The van der Waals surface area contributed by atoms with Gasteiger partial charge in [-0.05, 0) is 22.9 Å². The monoisotopic (exact) mass is 304 g/mol. The molecule has 2 aromatic rings. The summed E-state index contributed by atoms with van der Waals surface area (Å²) in [6, 6.07) is 0. The van der Waals surface area contributed by atoms with Crippen molar-refractivity contribution in [3.05, 3.63) is 21.1 Å². The molecule has 0 saturated carbocycles. The summed E-state index contributed by atoms with van der Waals surface area (Å²) in [6.45, 7) is 2.39. The van der Waals surface area contributed by atoms with Crippen LogP contribution in [0.3, 0.4) is 0 Å². The quantitative estimate of drug-likeness (QED) is 0.909. The van der Waals surface area contributed by atoms with Gasteiger partial charge in [0.25, 0.3) is 0 Å². The molecule has 0 bridgehead atoms. The first-order chi connectivity index (χ1) is 7.49. The Hall–Kier alpha value is -1.08. The van der Waals surface area contributed by atoms with E-state index in [2.05, 4.69) is 31.1 Å². The Kier molecular flexibility index (Phi) is 2.90. The second kappa shape index (κ2) is 4.06. The van der Waals surface area contributed by atoms with E-state index in [-0.39, 0.29) is 5.95 Å². The molecule has 0 aliphatic carbocycles. The molecule has 0 aliphatic heterocycles. The third-order valence-electron chi connectivity index (χ3n) is 2.22. The Bertz CT molecular complexity index is 531. The predicted octanol–water partition coefficient (Wildman–Crippen LogP) is 1.37. The number of nitrogens with two attached hydrogens (primary N) is 1. The van der Waals surface area contributed by atoms with Crippen molar-refractivity contribution in [2.45, 2.75) is 13.5 Å². The van der Waals surface area contributed by atoms with Crippen molar-refractivity contribution in [1.29, 1.82) is 0 Å². The molecule has 2 N–H and O–H groups in total. The second-order valence-electron chi connectivity index (χ2n) is 3.38. The Labute approximate surface area is 106 Å². The maximum atomic E-state index is 6.12. The second-order valence-corrected chi connectivity index (χ2v) is 4.44. The topological polar surface area (TPSA) is 74.5 Å². The minimum absolute atomic E-state index is 0.226. The van der Waals surface area contributed by atoms with Gasteiger partial charge in [0.05, 0.1) is 12.2 Å². The summed E-state index contributed by atoms with van der Waals surface area (Å²) in [5, 5.41) is 8.85. The van der Waals surface area contributed by atoms with Crippen LogP contribution in [0.25, 0.3) is 0 Å². The van der Waals surface area contributed by atoms with Gasteiger partial charge in [0.1, 0.15) is 5.15 Å². The zero-order valence-electron chi connectivity index (χ0n) is 8.78. The minimum atomic E-state index is 0.226. The first-order valence-electron chi connectivity index (χ1n) is 4.53. The fourth-order valence-corrected chi connectivity index (χ4v) is 2.06. The fourth-order valence-electron chi connectivity index (χ4n) is 1.44. The van der Waals surface area contributed by atoms with Crippen LogP contribution in [0.15, 0.2) is 4.73 Å². The fraction of sp³-hybridized carbons (Fsp3) is 0.375. The van der Waals surface area contributed by atoms with Gasteiger partial charge in [-0.25, -0.2) is 4.68 Å². The highest BCUT2D eigenvalue weighted by Crippen LogP contribution is 2.21. The number of halogens is 2. The first kappa shape index (κ1) is 11.4. The number of anilines is 1. The SMILES string of the molecule is Cc1nn(C)c(Cl)c1Cn1nc(N)nc1Br. The van der Waals surface area contributed by atoms with Crippen molar-refractivity contribution in [2.75, 3.05) is 5.73 Å². The molecule has 2 rings (SSSR count). The van der Waals surface area contributed by atoms with Crippen molar-refractivity contribution in [3.63, 3.8) is 0 Å². The summed E-state index contributed by atoms with van der Waals surface area (Å²) < 4.78 is 3.83. The van der Waals surface area contributed by atoms with Crippen LogP contribution in [0.1, 0.15) is 11.3 Å². The number of aromatic nitrogens is 5.